The largest absolute Gasteiger partial charge is 0.386 e. The van der Waals surface area contributed by atoms with Crippen LogP contribution in [0.15, 0.2) is 12.1 Å². The zero-order chi connectivity index (χ0) is 13.2. The Morgan fingerprint density at radius 2 is 2.26 bits per heavy atom. The molecule has 3 rings (SSSR count). The van der Waals surface area contributed by atoms with E-state index in [1.807, 2.05) is 12.1 Å². The van der Waals surface area contributed by atoms with Gasteiger partial charge >= 0.3 is 0 Å². The third-order valence-electron chi connectivity index (χ3n) is 3.18. The van der Waals surface area contributed by atoms with Gasteiger partial charge < -0.3 is 10.4 Å². The third-order valence-corrected chi connectivity index (χ3v) is 5.67. The molecule has 1 unspecified atom stereocenters. The van der Waals surface area contributed by atoms with Crippen molar-refractivity contribution in [2.24, 2.45) is 0 Å². The van der Waals surface area contributed by atoms with Gasteiger partial charge in [-0.15, -0.1) is 22.7 Å². The summed E-state index contributed by atoms with van der Waals surface area (Å²) in [5, 5.41) is 14.4. The first-order chi connectivity index (χ1) is 9.22. The highest BCUT2D eigenvalue weighted by molar-refractivity contribution is 7.16. The molecule has 2 N–H and O–H groups in total. The summed E-state index contributed by atoms with van der Waals surface area (Å²) in [6.45, 7) is 1.26. The number of nitrogens with zero attached hydrogens (tertiary/aromatic N) is 1. The van der Waals surface area contributed by atoms with E-state index in [1.54, 1.807) is 11.3 Å². The number of thiazole rings is 1. The van der Waals surface area contributed by atoms with Crippen LogP contribution < -0.4 is 5.32 Å². The molecule has 0 spiro atoms. The normalized spacial score (nSPS) is 15.7. The second-order valence-corrected chi connectivity index (χ2v) is 7.53. The SMILES string of the molecule is OC(CNCc1nc2c(s1)CCC2)c1ccc(Cl)s1. The fourth-order valence-electron chi connectivity index (χ4n) is 2.24. The average Bonchev–Trinajstić information content (AvgIpc) is 3.03. The molecule has 3 nitrogen and oxygen atoms in total. The number of nitrogens with one attached hydrogen (secondary N) is 1. The number of halogens is 1. The first-order valence-electron chi connectivity index (χ1n) is 6.34. The third kappa shape index (κ3) is 3.17. The number of aromatic nitrogens is 1. The average molecular weight is 315 g/mol. The molecule has 0 amide bonds. The topological polar surface area (TPSA) is 45.1 Å². The molecule has 0 saturated carbocycles. The van der Waals surface area contributed by atoms with Crippen molar-refractivity contribution in [3.8, 4) is 0 Å². The lowest BCUT2D eigenvalue weighted by molar-refractivity contribution is 0.178. The van der Waals surface area contributed by atoms with Gasteiger partial charge in [-0.1, -0.05) is 11.6 Å². The van der Waals surface area contributed by atoms with Gasteiger partial charge in [0.25, 0.3) is 0 Å². The van der Waals surface area contributed by atoms with Gasteiger partial charge in [-0.2, -0.15) is 0 Å². The highest BCUT2D eigenvalue weighted by Crippen LogP contribution is 2.28. The number of aliphatic hydroxyl groups is 1. The van der Waals surface area contributed by atoms with Crippen molar-refractivity contribution in [1.29, 1.82) is 0 Å². The summed E-state index contributed by atoms with van der Waals surface area (Å²) < 4.78 is 0.713. The van der Waals surface area contributed by atoms with E-state index >= 15 is 0 Å². The smallest absolute Gasteiger partial charge is 0.107 e. The van der Waals surface area contributed by atoms with Gasteiger partial charge in [-0.25, -0.2) is 4.98 Å². The minimum atomic E-state index is -0.496. The number of hydrogen-bond acceptors (Lipinski definition) is 5. The molecule has 19 heavy (non-hydrogen) atoms. The fourth-order valence-corrected chi connectivity index (χ4v) is 4.42. The van der Waals surface area contributed by atoms with Gasteiger partial charge in [-0.05, 0) is 31.4 Å². The zero-order valence-corrected chi connectivity index (χ0v) is 12.7. The number of fused-ring (bicyclic) bond motifs is 1. The summed E-state index contributed by atoms with van der Waals surface area (Å²) in [6.07, 6.45) is 3.06. The maximum absolute atomic E-state index is 10.0. The lowest BCUT2D eigenvalue weighted by Gasteiger charge is -2.08. The van der Waals surface area contributed by atoms with Crippen LogP contribution in [0.5, 0.6) is 0 Å². The van der Waals surface area contributed by atoms with E-state index in [0.717, 1.165) is 22.9 Å². The molecule has 0 aliphatic heterocycles. The van der Waals surface area contributed by atoms with Crippen LogP contribution in [0.3, 0.4) is 0 Å². The fraction of sp³-hybridized carbons (Fsp3) is 0.462. The molecule has 0 saturated heterocycles. The minimum Gasteiger partial charge on any atom is -0.386 e. The molecule has 1 aliphatic carbocycles. The van der Waals surface area contributed by atoms with E-state index < -0.39 is 6.10 Å². The summed E-state index contributed by atoms with van der Waals surface area (Å²) in [5.41, 5.74) is 1.28. The highest BCUT2D eigenvalue weighted by Gasteiger charge is 2.16. The summed E-state index contributed by atoms with van der Waals surface area (Å²) in [7, 11) is 0. The predicted molar refractivity (Wildman–Crippen MR) is 80.1 cm³/mol. The quantitative estimate of drug-likeness (QED) is 0.891. The molecule has 1 aliphatic rings. The number of hydrogen-bond donors (Lipinski definition) is 2. The van der Waals surface area contributed by atoms with Gasteiger partial charge in [0.2, 0.25) is 0 Å². The standard InChI is InChI=1S/C13H15ClN2OS2/c14-12-5-4-11(18-12)9(17)6-15-7-13-16-8-2-1-3-10(8)19-13/h4-5,9,15,17H,1-3,6-7H2. The minimum absolute atomic E-state index is 0.496. The lowest BCUT2D eigenvalue weighted by atomic mass is 10.3. The van der Waals surface area contributed by atoms with Gasteiger partial charge in [0.05, 0.1) is 10.0 Å². The van der Waals surface area contributed by atoms with Crippen LogP contribution in [0.2, 0.25) is 4.34 Å². The summed E-state index contributed by atoms with van der Waals surface area (Å²) >= 11 is 9.08. The van der Waals surface area contributed by atoms with Gasteiger partial charge in [0, 0.05) is 22.8 Å². The van der Waals surface area contributed by atoms with Crippen LogP contribution in [0.25, 0.3) is 0 Å². The molecular weight excluding hydrogens is 300 g/mol. The van der Waals surface area contributed by atoms with E-state index in [4.69, 9.17) is 11.6 Å². The van der Waals surface area contributed by atoms with Crippen molar-refractivity contribution >= 4 is 34.3 Å². The number of rotatable bonds is 5. The van der Waals surface area contributed by atoms with E-state index in [0.29, 0.717) is 10.9 Å². The molecular formula is C13H15ClN2OS2. The number of thiophene rings is 1. The maximum Gasteiger partial charge on any atom is 0.107 e. The molecule has 0 aromatic carbocycles. The van der Waals surface area contributed by atoms with Crippen LogP contribution in [-0.2, 0) is 19.4 Å². The Hall–Kier alpha value is -0.460. The van der Waals surface area contributed by atoms with Crippen molar-refractivity contribution < 1.29 is 5.11 Å². The zero-order valence-electron chi connectivity index (χ0n) is 10.4. The Balaban J connectivity index is 1.50. The van der Waals surface area contributed by atoms with Crippen molar-refractivity contribution in [2.75, 3.05) is 6.54 Å². The van der Waals surface area contributed by atoms with Crippen molar-refractivity contribution in [3.05, 3.63) is 36.9 Å². The van der Waals surface area contributed by atoms with E-state index in [1.165, 1.54) is 34.7 Å². The number of aryl methyl sites for hydroxylation is 2. The van der Waals surface area contributed by atoms with E-state index in [9.17, 15) is 5.11 Å². The molecule has 1 atom stereocenters. The Labute approximate surface area is 125 Å². The van der Waals surface area contributed by atoms with Crippen molar-refractivity contribution in [1.82, 2.24) is 10.3 Å². The summed E-state index contributed by atoms with van der Waals surface area (Å²) in [5.74, 6) is 0. The van der Waals surface area contributed by atoms with Crippen molar-refractivity contribution in [2.45, 2.75) is 31.9 Å². The van der Waals surface area contributed by atoms with Crippen LogP contribution in [-0.4, -0.2) is 16.6 Å². The Kier molecular flexibility index (Phi) is 4.19. The molecule has 0 bridgehead atoms. The summed E-state index contributed by atoms with van der Waals surface area (Å²) in [6, 6.07) is 3.69. The molecule has 2 aromatic heterocycles. The first kappa shape index (κ1) is 13.5. The van der Waals surface area contributed by atoms with Gasteiger partial charge in [0.15, 0.2) is 0 Å². The van der Waals surface area contributed by atoms with Gasteiger partial charge in [0.1, 0.15) is 11.1 Å². The number of aliphatic hydroxyl groups excluding tert-OH is 1. The monoisotopic (exact) mass is 314 g/mol. The van der Waals surface area contributed by atoms with Crippen LogP contribution in [0.4, 0.5) is 0 Å². The lowest BCUT2D eigenvalue weighted by Crippen LogP contribution is -2.20. The Morgan fingerprint density at radius 3 is 3.00 bits per heavy atom. The Morgan fingerprint density at radius 1 is 1.37 bits per heavy atom. The van der Waals surface area contributed by atoms with Crippen molar-refractivity contribution in [3.63, 3.8) is 0 Å². The maximum atomic E-state index is 10.0. The van der Waals surface area contributed by atoms with Gasteiger partial charge in [-0.3, -0.25) is 0 Å². The van der Waals surface area contributed by atoms with E-state index in [2.05, 4.69) is 10.3 Å². The second kappa shape index (κ2) is 5.89. The molecule has 102 valence electrons. The van der Waals surface area contributed by atoms with Crippen LogP contribution >= 0.6 is 34.3 Å². The predicted octanol–water partition coefficient (Wildman–Crippen LogP) is 3.17. The Bertz CT molecular complexity index is 545. The second-order valence-electron chi connectivity index (χ2n) is 4.62. The van der Waals surface area contributed by atoms with Crippen LogP contribution in [0, 0.1) is 0 Å². The molecule has 0 radical (unpaired) electrons. The molecule has 2 heterocycles. The highest BCUT2D eigenvalue weighted by atomic mass is 35.5. The van der Waals surface area contributed by atoms with Crippen LogP contribution in [0.1, 0.15) is 33.0 Å². The first-order valence-corrected chi connectivity index (χ1v) is 8.35. The van der Waals surface area contributed by atoms with E-state index in [-0.39, 0.29) is 0 Å². The summed E-state index contributed by atoms with van der Waals surface area (Å²) in [4.78, 5) is 6.97. The molecule has 0 fully saturated rings. The molecule has 2 aromatic rings. The molecule has 6 heteroatoms.